The van der Waals surface area contributed by atoms with Crippen LogP contribution < -0.4 is 0 Å². The van der Waals surface area contributed by atoms with E-state index in [4.69, 9.17) is 4.74 Å². The summed E-state index contributed by atoms with van der Waals surface area (Å²) in [5.41, 5.74) is 1.04. The summed E-state index contributed by atoms with van der Waals surface area (Å²) in [7, 11) is 0. The Labute approximate surface area is 91.3 Å². The number of halogens is 1. The van der Waals surface area contributed by atoms with Crippen molar-refractivity contribution in [3.8, 4) is 0 Å². The van der Waals surface area contributed by atoms with Gasteiger partial charge in [-0.1, -0.05) is 31.9 Å². The first kappa shape index (κ1) is 12.2. The molecule has 2 heteroatoms. The zero-order chi connectivity index (χ0) is 11.1. The van der Waals surface area contributed by atoms with Crippen molar-refractivity contribution in [2.45, 2.75) is 39.2 Å². The van der Waals surface area contributed by atoms with E-state index < -0.39 is 0 Å². The lowest BCUT2D eigenvalue weighted by Gasteiger charge is -2.13. The molecule has 84 valence electrons. The summed E-state index contributed by atoms with van der Waals surface area (Å²) in [4.78, 5) is 0. The third-order valence-electron chi connectivity index (χ3n) is 2.46. The van der Waals surface area contributed by atoms with Gasteiger partial charge < -0.3 is 4.74 Å². The molecule has 0 heterocycles. The number of hydrogen-bond acceptors (Lipinski definition) is 1. The van der Waals surface area contributed by atoms with Gasteiger partial charge in [0.25, 0.3) is 0 Å². The van der Waals surface area contributed by atoms with Crippen LogP contribution in [0.3, 0.4) is 0 Å². The maximum Gasteiger partial charge on any atom is 0.123 e. The van der Waals surface area contributed by atoms with Crippen LogP contribution in [0.2, 0.25) is 0 Å². The minimum absolute atomic E-state index is 0.0578. The average Bonchev–Trinajstić information content (AvgIpc) is 2.25. The van der Waals surface area contributed by atoms with Gasteiger partial charge in [-0.05, 0) is 31.0 Å². The Bertz CT molecular complexity index is 268. The van der Waals surface area contributed by atoms with Crippen LogP contribution in [0, 0.1) is 5.82 Å². The number of hydrogen-bond donors (Lipinski definition) is 0. The SMILES string of the molecule is CCCCCOC(C)c1ccc(F)cc1. The van der Waals surface area contributed by atoms with Crippen molar-refractivity contribution in [3.63, 3.8) is 0 Å². The van der Waals surface area contributed by atoms with Crippen molar-refractivity contribution in [1.29, 1.82) is 0 Å². The molecule has 0 aliphatic rings. The van der Waals surface area contributed by atoms with Gasteiger partial charge in [-0.3, -0.25) is 0 Å². The van der Waals surface area contributed by atoms with Crippen molar-refractivity contribution in [3.05, 3.63) is 35.6 Å². The van der Waals surface area contributed by atoms with E-state index in [1.807, 2.05) is 6.92 Å². The van der Waals surface area contributed by atoms with E-state index in [1.165, 1.54) is 25.0 Å². The lowest BCUT2D eigenvalue weighted by molar-refractivity contribution is 0.0629. The van der Waals surface area contributed by atoms with Gasteiger partial charge in [0.1, 0.15) is 5.82 Å². The molecule has 0 radical (unpaired) electrons. The summed E-state index contributed by atoms with van der Waals surface area (Å²) in [6.45, 7) is 4.95. The third-order valence-corrected chi connectivity index (χ3v) is 2.46. The molecule has 1 nitrogen and oxygen atoms in total. The lowest BCUT2D eigenvalue weighted by Crippen LogP contribution is -2.01. The van der Waals surface area contributed by atoms with Crippen molar-refractivity contribution in [2.75, 3.05) is 6.61 Å². The molecule has 15 heavy (non-hydrogen) atoms. The van der Waals surface area contributed by atoms with Crippen molar-refractivity contribution >= 4 is 0 Å². The van der Waals surface area contributed by atoms with E-state index in [9.17, 15) is 4.39 Å². The molecule has 1 atom stereocenters. The topological polar surface area (TPSA) is 9.23 Å². The number of ether oxygens (including phenoxy) is 1. The lowest BCUT2D eigenvalue weighted by atomic mass is 10.1. The first-order valence-corrected chi connectivity index (χ1v) is 5.61. The Morgan fingerprint density at radius 2 is 1.87 bits per heavy atom. The van der Waals surface area contributed by atoms with E-state index >= 15 is 0 Å². The highest BCUT2D eigenvalue weighted by Gasteiger charge is 2.04. The second-order valence-corrected chi connectivity index (χ2v) is 3.77. The third kappa shape index (κ3) is 4.43. The van der Waals surface area contributed by atoms with Gasteiger partial charge in [0, 0.05) is 6.61 Å². The quantitative estimate of drug-likeness (QED) is 0.642. The van der Waals surface area contributed by atoms with E-state index in [2.05, 4.69) is 6.92 Å². The van der Waals surface area contributed by atoms with Gasteiger partial charge in [0.2, 0.25) is 0 Å². The van der Waals surface area contributed by atoms with Crippen LogP contribution in [0.1, 0.15) is 44.8 Å². The highest BCUT2D eigenvalue weighted by Crippen LogP contribution is 2.17. The maximum absolute atomic E-state index is 12.7. The summed E-state index contributed by atoms with van der Waals surface area (Å²) in [6.07, 6.45) is 3.56. The predicted molar refractivity (Wildman–Crippen MR) is 60.3 cm³/mol. The molecule has 0 aromatic heterocycles. The Hall–Kier alpha value is -0.890. The van der Waals surface area contributed by atoms with Crippen LogP contribution in [0.15, 0.2) is 24.3 Å². The van der Waals surface area contributed by atoms with E-state index in [0.29, 0.717) is 0 Å². The van der Waals surface area contributed by atoms with Crippen LogP contribution in [-0.2, 0) is 4.74 Å². The second kappa shape index (κ2) is 6.57. The summed E-state index contributed by atoms with van der Waals surface area (Å²) in [6, 6.07) is 6.50. The second-order valence-electron chi connectivity index (χ2n) is 3.77. The van der Waals surface area contributed by atoms with Crippen LogP contribution in [-0.4, -0.2) is 6.61 Å². The largest absolute Gasteiger partial charge is 0.374 e. The standard InChI is InChI=1S/C13H19FO/c1-3-4-5-10-15-11(2)12-6-8-13(14)9-7-12/h6-9,11H,3-5,10H2,1-2H3. The Morgan fingerprint density at radius 1 is 1.20 bits per heavy atom. The molecule has 0 amide bonds. The number of unbranched alkanes of at least 4 members (excludes halogenated alkanes) is 2. The molecular weight excluding hydrogens is 191 g/mol. The van der Waals surface area contributed by atoms with Crippen LogP contribution in [0.25, 0.3) is 0 Å². The molecule has 1 unspecified atom stereocenters. The fourth-order valence-corrected chi connectivity index (χ4v) is 1.44. The van der Waals surface area contributed by atoms with E-state index in [0.717, 1.165) is 18.6 Å². The van der Waals surface area contributed by atoms with E-state index in [1.54, 1.807) is 12.1 Å². The van der Waals surface area contributed by atoms with Crippen LogP contribution >= 0.6 is 0 Å². The molecular formula is C13H19FO. The molecule has 0 fully saturated rings. The minimum Gasteiger partial charge on any atom is -0.374 e. The molecule has 0 saturated carbocycles. The minimum atomic E-state index is -0.197. The van der Waals surface area contributed by atoms with Crippen LogP contribution in [0.5, 0.6) is 0 Å². The molecule has 0 spiro atoms. The van der Waals surface area contributed by atoms with E-state index in [-0.39, 0.29) is 11.9 Å². The fourth-order valence-electron chi connectivity index (χ4n) is 1.44. The highest BCUT2D eigenvalue weighted by atomic mass is 19.1. The fraction of sp³-hybridized carbons (Fsp3) is 0.538. The van der Waals surface area contributed by atoms with Gasteiger partial charge in [0.05, 0.1) is 6.10 Å². The maximum atomic E-state index is 12.7. The summed E-state index contributed by atoms with van der Waals surface area (Å²) in [5, 5.41) is 0. The zero-order valence-electron chi connectivity index (χ0n) is 9.50. The number of benzene rings is 1. The van der Waals surface area contributed by atoms with Crippen molar-refractivity contribution in [2.24, 2.45) is 0 Å². The van der Waals surface area contributed by atoms with Gasteiger partial charge in [-0.15, -0.1) is 0 Å². The number of rotatable bonds is 6. The first-order chi connectivity index (χ1) is 7.24. The smallest absolute Gasteiger partial charge is 0.123 e. The molecule has 0 saturated heterocycles. The van der Waals surface area contributed by atoms with Crippen molar-refractivity contribution < 1.29 is 9.13 Å². The van der Waals surface area contributed by atoms with Crippen LogP contribution in [0.4, 0.5) is 4.39 Å². The molecule has 1 aromatic carbocycles. The van der Waals surface area contributed by atoms with Gasteiger partial charge in [-0.25, -0.2) is 4.39 Å². The normalized spacial score (nSPS) is 12.7. The zero-order valence-corrected chi connectivity index (χ0v) is 9.50. The summed E-state index contributed by atoms with van der Waals surface area (Å²) in [5.74, 6) is -0.197. The molecule has 1 rings (SSSR count). The summed E-state index contributed by atoms with van der Waals surface area (Å²) >= 11 is 0. The van der Waals surface area contributed by atoms with Gasteiger partial charge in [0.15, 0.2) is 0 Å². The molecule has 0 bridgehead atoms. The molecule has 0 aliphatic heterocycles. The predicted octanol–water partition coefficient (Wildman–Crippen LogP) is 4.09. The van der Waals surface area contributed by atoms with Crippen molar-refractivity contribution in [1.82, 2.24) is 0 Å². The summed E-state index contributed by atoms with van der Waals surface area (Å²) < 4.78 is 18.3. The Balaban J connectivity index is 2.33. The molecule has 0 N–H and O–H groups in total. The van der Waals surface area contributed by atoms with Gasteiger partial charge in [-0.2, -0.15) is 0 Å². The Morgan fingerprint density at radius 3 is 2.47 bits per heavy atom. The van der Waals surface area contributed by atoms with Gasteiger partial charge >= 0.3 is 0 Å². The highest BCUT2D eigenvalue weighted by molar-refractivity contribution is 5.17. The Kier molecular flexibility index (Phi) is 5.33. The molecule has 0 aliphatic carbocycles. The average molecular weight is 210 g/mol. The first-order valence-electron chi connectivity index (χ1n) is 5.61. The molecule has 1 aromatic rings. The monoisotopic (exact) mass is 210 g/mol.